The first-order chi connectivity index (χ1) is 15.3. The van der Waals surface area contributed by atoms with E-state index in [1.807, 2.05) is 18.2 Å². The molecule has 3 unspecified atom stereocenters. The lowest BCUT2D eigenvalue weighted by atomic mass is 10.0. The Bertz CT molecular complexity index is 1240. The summed E-state index contributed by atoms with van der Waals surface area (Å²) in [7, 11) is 0. The fourth-order valence-corrected chi connectivity index (χ4v) is 4.85. The lowest BCUT2D eigenvalue weighted by molar-refractivity contribution is -0.138. The smallest absolute Gasteiger partial charge is 0.336 e. The Balaban J connectivity index is 1.58. The molecule has 0 radical (unpaired) electrons. The fraction of sp³-hybridized carbons (Fsp3) is 0.304. The number of carbonyl (C=O) groups excluding carboxylic acids is 1. The number of rotatable bonds is 5. The van der Waals surface area contributed by atoms with Crippen LogP contribution < -0.4 is 10.4 Å². The average molecular weight is 476 g/mol. The molecule has 4 rings (SSSR count). The summed E-state index contributed by atoms with van der Waals surface area (Å²) in [5.74, 6) is 0.114. The molecule has 0 saturated carbocycles. The molecule has 0 bridgehead atoms. The Kier molecular flexibility index (Phi) is 6.64. The van der Waals surface area contributed by atoms with Gasteiger partial charge in [0.05, 0.1) is 5.25 Å². The van der Waals surface area contributed by atoms with Crippen molar-refractivity contribution < 1.29 is 22.7 Å². The van der Waals surface area contributed by atoms with Crippen LogP contribution in [0.15, 0.2) is 57.7 Å². The van der Waals surface area contributed by atoms with Crippen LogP contribution in [-0.2, 0) is 15.9 Å². The van der Waals surface area contributed by atoms with Crippen LogP contribution in [-0.4, -0.2) is 44.0 Å². The average Bonchev–Trinajstić information content (AvgIpc) is 2.78. The molecule has 0 aliphatic carbocycles. The lowest BCUT2D eigenvalue weighted by Gasteiger charge is -2.32. The van der Waals surface area contributed by atoms with E-state index in [9.17, 15) is 18.4 Å². The van der Waals surface area contributed by atoms with Gasteiger partial charge in [-0.05, 0) is 38.0 Å². The van der Waals surface area contributed by atoms with Crippen LogP contribution in [0.1, 0.15) is 19.8 Å². The SMILES string of the molecule is CC(Oc1ccc2c(-c3ccccc3Cl)cc(=O)oc2c1)C(=O)N1CCCC(S(=O)O)C1. The van der Waals surface area contributed by atoms with E-state index < -0.39 is 28.1 Å². The van der Waals surface area contributed by atoms with Crippen LogP contribution in [0.4, 0.5) is 0 Å². The predicted molar refractivity (Wildman–Crippen MR) is 123 cm³/mol. The van der Waals surface area contributed by atoms with Gasteiger partial charge in [0.25, 0.3) is 5.91 Å². The van der Waals surface area contributed by atoms with Crippen molar-refractivity contribution >= 4 is 39.6 Å². The minimum Gasteiger partial charge on any atom is -0.481 e. The minimum atomic E-state index is -1.96. The molecular weight excluding hydrogens is 454 g/mol. The number of ether oxygens (including phenoxy) is 1. The molecule has 9 heteroatoms. The number of likely N-dealkylation sites (tertiary alicyclic amines) is 1. The largest absolute Gasteiger partial charge is 0.481 e. The van der Waals surface area contributed by atoms with Crippen molar-refractivity contribution in [3.05, 3.63) is 64.0 Å². The summed E-state index contributed by atoms with van der Waals surface area (Å²) >= 11 is 4.35. The zero-order chi connectivity index (χ0) is 22.8. The molecular formula is C23H22ClNO6S. The van der Waals surface area contributed by atoms with Crippen molar-refractivity contribution in [2.75, 3.05) is 13.1 Å². The second kappa shape index (κ2) is 9.44. The van der Waals surface area contributed by atoms with Crippen molar-refractivity contribution in [3.63, 3.8) is 0 Å². The highest BCUT2D eigenvalue weighted by atomic mass is 35.5. The van der Waals surface area contributed by atoms with Crippen LogP contribution in [0.2, 0.25) is 5.02 Å². The minimum absolute atomic E-state index is 0.226. The predicted octanol–water partition coefficient (Wildman–Crippen LogP) is 4.09. The van der Waals surface area contributed by atoms with Gasteiger partial charge < -0.3 is 18.6 Å². The second-order valence-electron chi connectivity index (χ2n) is 7.70. The number of carbonyl (C=O) groups is 1. The molecule has 168 valence electrons. The second-order valence-corrected chi connectivity index (χ2v) is 9.33. The van der Waals surface area contributed by atoms with E-state index >= 15 is 0 Å². The lowest BCUT2D eigenvalue weighted by Crippen LogP contribution is -2.48. The van der Waals surface area contributed by atoms with Crippen LogP contribution in [0, 0.1) is 0 Å². The number of benzene rings is 2. The van der Waals surface area contributed by atoms with Gasteiger partial charge in [-0.1, -0.05) is 29.8 Å². The fourth-order valence-electron chi connectivity index (χ4n) is 3.93. The van der Waals surface area contributed by atoms with Gasteiger partial charge in [-0.25, -0.2) is 9.00 Å². The summed E-state index contributed by atoms with van der Waals surface area (Å²) in [6, 6.07) is 13.7. The zero-order valence-electron chi connectivity index (χ0n) is 17.3. The van der Waals surface area contributed by atoms with Crippen molar-refractivity contribution in [2.45, 2.75) is 31.1 Å². The molecule has 32 heavy (non-hydrogen) atoms. The molecule has 7 nitrogen and oxygen atoms in total. The molecule has 1 aliphatic heterocycles. The molecule has 1 aliphatic rings. The van der Waals surface area contributed by atoms with E-state index in [1.165, 1.54) is 6.07 Å². The van der Waals surface area contributed by atoms with E-state index in [1.54, 1.807) is 36.1 Å². The Hall–Kier alpha value is -2.68. The maximum absolute atomic E-state index is 12.8. The van der Waals surface area contributed by atoms with Crippen LogP contribution >= 0.6 is 11.6 Å². The van der Waals surface area contributed by atoms with Gasteiger partial charge in [-0.3, -0.25) is 4.79 Å². The quantitative estimate of drug-likeness (QED) is 0.441. The van der Waals surface area contributed by atoms with Crippen LogP contribution in [0.3, 0.4) is 0 Å². The van der Waals surface area contributed by atoms with Gasteiger partial charge in [0, 0.05) is 46.8 Å². The number of piperidine rings is 1. The van der Waals surface area contributed by atoms with Crippen molar-refractivity contribution in [2.24, 2.45) is 0 Å². The third-order valence-corrected chi connectivity index (χ3v) is 6.80. The van der Waals surface area contributed by atoms with Crippen molar-refractivity contribution in [3.8, 4) is 16.9 Å². The van der Waals surface area contributed by atoms with E-state index in [0.717, 1.165) is 0 Å². The van der Waals surface area contributed by atoms with Crippen molar-refractivity contribution in [1.29, 1.82) is 0 Å². The number of halogens is 1. The summed E-state index contributed by atoms with van der Waals surface area (Å²) in [6.07, 6.45) is 0.470. The summed E-state index contributed by atoms with van der Waals surface area (Å²) in [4.78, 5) is 26.5. The van der Waals surface area contributed by atoms with Gasteiger partial charge >= 0.3 is 5.63 Å². The maximum atomic E-state index is 12.8. The molecule has 2 heterocycles. The first kappa shape index (κ1) is 22.5. The summed E-state index contributed by atoms with van der Waals surface area (Å²) < 4.78 is 31.9. The molecule has 3 atom stereocenters. The van der Waals surface area contributed by atoms with Crippen LogP contribution in [0.5, 0.6) is 5.75 Å². The van der Waals surface area contributed by atoms with E-state index in [4.69, 9.17) is 20.8 Å². The summed E-state index contributed by atoms with van der Waals surface area (Å²) in [5.41, 5.74) is 1.16. The van der Waals surface area contributed by atoms with Crippen molar-refractivity contribution in [1.82, 2.24) is 4.90 Å². The standard InChI is InChI=1S/C23H22ClNO6S/c1-14(23(27)25-10-4-5-16(13-25)32(28)29)30-15-8-9-18-19(12-22(26)31-21(18)11-15)17-6-2-3-7-20(17)24/h2-3,6-9,11-12,14,16H,4-5,10,13H2,1H3,(H,28,29). The molecule has 1 N–H and O–H groups in total. The molecule has 1 aromatic heterocycles. The first-order valence-electron chi connectivity index (χ1n) is 10.2. The molecule has 1 fully saturated rings. The number of nitrogens with zero attached hydrogens (tertiary/aromatic N) is 1. The van der Waals surface area contributed by atoms with Gasteiger partial charge in [0.15, 0.2) is 17.2 Å². The Morgan fingerprint density at radius 1 is 1.25 bits per heavy atom. The topological polar surface area (TPSA) is 97.0 Å². The Morgan fingerprint density at radius 3 is 2.78 bits per heavy atom. The molecule has 3 aromatic rings. The molecule has 1 amide bonds. The number of hydrogen-bond donors (Lipinski definition) is 1. The highest BCUT2D eigenvalue weighted by Gasteiger charge is 2.30. The highest BCUT2D eigenvalue weighted by molar-refractivity contribution is 7.79. The normalized spacial score (nSPS) is 18.3. The van der Waals surface area contributed by atoms with E-state index in [-0.39, 0.29) is 12.5 Å². The first-order valence-corrected chi connectivity index (χ1v) is 11.8. The van der Waals surface area contributed by atoms with Gasteiger partial charge in [-0.15, -0.1) is 0 Å². The Morgan fingerprint density at radius 2 is 2.03 bits per heavy atom. The number of hydrogen-bond acceptors (Lipinski definition) is 5. The summed E-state index contributed by atoms with van der Waals surface area (Å²) in [6.45, 7) is 2.37. The zero-order valence-corrected chi connectivity index (χ0v) is 18.9. The van der Waals surface area contributed by atoms with Crippen LogP contribution in [0.25, 0.3) is 22.1 Å². The number of fused-ring (bicyclic) bond motifs is 1. The molecule has 2 aromatic carbocycles. The molecule has 1 saturated heterocycles. The maximum Gasteiger partial charge on any atom is 0.336 e. The molecule has 0 spiro atoms. The van der Waals surface area contributed by atoms with Gasteiger partial charge in [0.2, 0.25) is 0 Å². The monoisotopic (exact) mass is 475 g/mol. The van der Waals surface area contributed by atoms with Gasteiger partial charge in [-0.2, -0.15) is 0 Å². The third kappa shape index (κ3) is 4.72. The number of amides is 1. The summed E-state index contributed by atoms with van der Waals surface area (Å²) in [5, 5.41) is 0.758. The van der Waals surface area contributed by atoms with E-state index in [0.29, 0.717) is 52.3 Å². The Labute approximate surface area is 192 Å². The third-order valence-electron chi connectivity index (χ3n) is 5.52. The van der Waals surface area contributed by atoms with Gasteiger partial charge in [0.1, 0.15) is 11.3 Å². The highest BCUT2D eigenvalue weighted by Crippen LogP contribution is 2.34. The van der Waals surface area contributed by atoms with E-state index in [2.05, 4.69) is 0 Å².